The van der Waals surface area contributed by atoms with Gasteiger partial charge in [0.15, 0.2) is 11.5 Å². The van der Waals surface area contributed by atoms with Crippen LogP contribution >= 0.6 is 11.6 Å². The maximum Gasteiger partial charge on any atom is 0.274 e. The second-order valence-corrected chi connectivity index (χ2v) is 8.88. The molecule has 1 aromatic heterocycles. The highest BCUT2D eigenvalue weighted by Gasteiger charge is 2.28. The number of fused-ring (bicyclic) bond motifs is 3. The molecule has 0 radical (unpaired) electrons. The first kappa shape index (κ1) is 19.3. The molecule has 2 aliphatic rings. The molecule has 3 aromatic rings. The number of amides is 1. The molecule has 0 spiro atoms. The molecule has 2 heterocycles. The Morgan fingerprint density at radius 3 is 2.70 bits per heavy atom. The number of aryl methyl sites for hydroxylation is 1. The number of benzene rings is 2. The average Bonchev–Trinajstić information content (AvgIpc) is 3.16. The molecule has 30 heavy (non-hydrogen) atoms. The zero-order valence-electron chi connectivity index (χ0n) is 17.0. The normalized spacial score (nSPS) is 15.9. The van der Waals surface area contributed by atoms with Gasteiger partial charge in [-0.3, -0.25) is 9.69 Å². The van der Waals surface area contributed by atoms with Gasteiger partial charge in [0.2, 0.25) is 0 Å². The summed E-state index contributed by atoms with van der Waals surface area (Å²) >= 11 is 5.91. The Bertz CT molecular complexity index is 1080. The largest absolute Gasteiger partial charge is 0.355 e. The van der Waals surface area contributed by atoms with Gasteiger partial charge in [-0.05, 0) is 47.6 Å². The van der Waals surface area contributed by atoms with Crippen LogP contribution in [0.2, 0.25) is 5.02 Å². The molecule has 154 valence electrons. The Hall–Kier alpha value is -2.63. The summed E-state index contributed by atoms with van der Waals surface area (Å²) in [5.74, 6) is 1.34. The number of carbonyl (C=O) groups excluding carboxylic acids is 1. The highest BCUT2D eigenvalue weighted by atomic mass is 35.5. The molecule has 1 amide bonds. The minimum atomic E-state index is -0.207. The number of halogens is 1. The summed E-state index contributed by atoms with van der Waals surface area (Å²) in [6, 6.07) is 14.0. The Balaban J connectivity index is 1.30. The van der Waals surface area contributed by atoms with E-state index in [1.54, 1.807) is 0 Å². The Morgan fingerprint density at radius 1 is 1.17 bits per heavy atom. The number of hydrogen-bond acceptors (Lipinski definition) is 4. The fraction of sp³-hybridized carbons (Fsp3) is 0.333. The van der Waals surface area contributed by atoms with Gasteiger partial charge in [0.1, 0.15) is 0 Å². The summed E-state index contributed by atoms with van der Waals surface area (Å²) in [6.45, 7) is 6.07. The molecule has 1 saturated heterocycles. The van der Waals surface area contributed by atoms with Crippen LogP contribution in [-0.2, 0) is 25.9 Å². The topological polar surface area (TPSA) is 58.4 Å². The van der Waals surface area contributed by atoms with Crippen molar-refractivity contribution >= 4 is 17.5 Å². The van der Waals surface area contributed by atoms with E-state index in [-0.39, 0.29) is 5.91 Å². The minimum absolute atomic E-state index is 0.207. The fourth-order valence-corrected chi connectivity index (χ4v) is 4.57. The molecule has 0 saturated carbocycles. The quantitative estimate of drug-likeness (QED) is 0.660. The lowest BCUT2D eigenvalue weighted by molar-refractivity contribution is 0.0941. The van der Waals surface area contributed by atoms with Crippen molar-refractivity contribution in [3.05, 3.63) is 75.4 Å². The lowest BCUT2D eigenvalue weighted by Gasteiger charge is -2.37. The van der Waals surface area contributed by atoms with Gasteiger partial charge in [0.25, 0.3) is 5.91 Å². The first-order valence-electron chi connectivity index (χ1n) is 10.4. The summed E-state index contributed by atoms with van der Waals surface area (Å²) in [5, 5.41) is 7.72. The SMILES string of the molecule is CC1CN(Cc2ccc3c(c2)CCc2c(C(=O)NCc4ccc(Cl)cc4)noc2-3)C1. The number of nitrogens with one attached hydrogen (secondary N) is 1. The van der Waals surface area contributed by atoms with Gasteiger partial charge in [-0.2, -0.15) is 0 Å². The Kier molecular flexibility index (Phi) is 5.09. The van der Waals surface area contributed by atoms with Crippen molar-refractivity contribution in [2.75, 3.05) is 13.1 Å². The summed E-state index contributed by atoms with van der Waals surface area (Å²) in [4.78, 5) is 15.2. The number of carbonyl (C=O) groups is 1. The molecule has 0 bridgehead atoms. The zero-order chi connectivity index (χ0) is 20.7. The van der Waals surface area contributed by atoms with Crippen molar-refractivity contribution in [2.45, 2.75) is 32.9 Å². The van der Waals surface area contributed by atoms with Crippen molar-refractivity contribution in [3.63, 3.8) is 0 Å². The van der Waals surface area contributed by atoms with Crippen LogP contribution in [-0.4, -0.2) is 29.1 Å². The molecule has 1 aliphatic heterocycles. The molecule has 1 aliphatic carbocycles. The van der Waals surface area contributed by atoms with E-state index in [9.17, 15) is 4.79 Å². The van der Waals surface area contributed by atoms with Crippen LogP contribution in [0.5, 0.6) is 0 Å². The third-order valence-electron chi connectivity index (χ3n) is 5.97. The molecule has 5 nitrogen and oxygen atoms in total. The standard InChI is InChI=1S/C24H24ClN3O2/c1-15-12-28(13-15)14-17-4-8-20-18(10-17)5-9-21-22(27-30-23(20)21)24(29)26-11-16-2-6-19(25)7-3-16/h2-4,6-8,10,15H,5,9,11-14H2,1H3,(H,26,29). The lowest BCUT2D eigenvalue weighted by Crippen LogP contribution is -2.44. The molecule has 2 aromatic carbocycles. The van der Waals surface area contributed by atoms with Crippen LogP contribution in [0.25, 0.3) is 11.3 Å². The maximum absolute atomic E-state index is 12.7. The van der Waals surface area contributed by atoms with Crippen molar-refractivity contribution in [3.8, 4) is 11.3 Å². The highest BCUT2D eigenvalue weighted by molar-refractivity contribution is 6.30. The lowest BCUT2D eigenvalue weighted by atomic mass is 9.88. The van der Waals surface area contributed by atoms with E-state index in [0.29, 0.717) is 17.3 Å². The van der Waals surface area contributed by atoms with E-state index in [4.69, 9.17) is 16.1 Å². The maximum atomic E-state index is 12.7. The predicted molar refractivity (Wildman–Crippen MR) is 116 cm³/mol. The molecular formula is C24H24ClN3O2. The highest BCUT2D eigenvalue weighted by Crippen LogP contribution is 2.36. The number of likely N-dealkylation sites (tertiary alicyclic amines) is 1. The number of hydrogen-bond donors (Lipinski definition) is 1. The molecule has 6 heteroatoms. The van der Waals surface area contributed by atoms with Crippen molar-refractivity contribution in [1.82, 2.24) is 15.4 Å². The zero-order valence-corrected chi connectivity index (χ0v) is 17.7. The van der Waals surface area contributed by atoms with E-state index in [1.807, 2.05) is 24.3 Å². The molecular weight excluding hydrogens is 398 g/mol. The van der Waals surface area contributed by atoms with Gasteiger partial charge < -0.3 is 9.84 Å². The van der Waals surface area contributed by atoms with Crippen LogP contribution < -0.4 is 5.32 Å². The van der Waals surface area contributed by atoms with Gasteiger partial charge in [0, 0.05) is 42.3 Å². The van der Waals surface area contributed by atoms with E-state index >= 15 is 0 Å². The summed E-state index contributed by atoms with van der Waals surface area (Å²) in [5.41, 5.74) is 5.95. The fourth-order valence-electron chi connectivity index (χ4n) is 4.45. The average molecular weight is 422 g/mol. The number of nitrogens with zero attached hydrogens (tertiary/aromatic N) is 2. The van der Waals surface area contributed by atoms with Gasteiger partial charge >= 0.3 is 0 Å². The van der Waals surface area contributed by atoms with Crippen LogP contribution in [0.3, 0.4) is 0 Å². The van der Waals surface area contributed by atoms with Gasteiger partial charge in [-0.25, -0.2) is 0 Å². The predicted octanol–water partition coefficient (Wildman–Crippen LogP) is 4.48. The van der Waals surface area contributed by atoms with Crippen LogP contribution in [0.15, 0.2) is 47.0 Å². The van der Waals surface area contributed by atoms with E-state index < -0.39 is 0 Å². The first-order chi connectivity index (χ1) is 14.6. The van der Waals surface area contributed by atoms with Crippen LogP contribution in [0, 0.1) is 5.92 Å². The number of rotatable bonds is 5. The summed E-state index contributed by atoms with van der Waals surface area (Å²) in [6.07, 6.45) is 1.66. The molecule has 0 atom stereocenters. The van der Waals surface area contributed by atoms with E-state index in [2.05, 4.69) is 40.5 Å². The van der Waals surface area contributed by atoms with E-state index in [1.165, 1.54) is 24.2 Å². The monoisotopic (exact) mass is 421 g/mol. The third-order valence-corrected chi connectivity index (χ3v) is 6.23. The molecule has 0 unspecified atom stereocenters. The molecule has 1 N–H and O–H groups in total. The summed E-state index contributed by atoms with van der Waals surface area (Å²) in [7, 11) is 0. The first-order valence-corrected chi connectivity index (χ1v) is 10.8. The van der Waals surface area contributed by atoms with Crippen molar-refractivity contribution < 1.29 is 9.32 Å². The molecule has 1 fully saturated rings. The second kappa shape index (κ2) is 7.89. The minimum Gasteiger partial charge on any atom is -0.355 e. The van der Waals surface area contributed by atoms with Gasteiger partial charge in [-0.1, -0.05) is 54.0 Å². The Labute approximate surface area is 181 Å². The number of aromatic nitrogens is 1. The van der Waals surface area contributed by atoms with Crippen LogP contribution in [0.1, 0.15) is 39.7 Å². The second-order valence-electron chi connectivity index (χ2n) is 8.44. The smallest absolute Gasteiger partial charge is 0.274 e. The van der Waals surface area contributed by atoms with Gasteiger partial charge in [0.05, 0.1) is 0 Å². The van der Waals surface area contributed by atoms with E-state index in [0.717, 1.165) is 47.8 Å². The molecule has 5 rings (SSSR count). The van der Waals surface area contributed by atoms with Crippen molar-refractivity contribution in [2.24, 2.45) is 5.92 Å². The third kappa shape index (κ3) is 3.75. The van der Waals surface area contributed by atoms with Gasteiger partial charge in [-0.15, -0.1) is 0 Å². The van der Waals surface area contributed by atoms with Crippen molar-refractivity contribution in [1.29, 1.82) is 0 Å². The summed E-state index contributed by atoms with van der Waals surface area (Å²) < 4.78 is 5.63. The Morgan fingerprint density at radius 2 is 1.93 bits per heavy atom. The van der Waals surface area contributed by atoms with Crippen LogP contribution in [0.4, 0.5) is 0 Å².